The molecule has 0 saturated heterocycles. The van der Waals surface area contributed by atoms with Crippen LogP contribution in [0.3, 0.4) is 0 Å². The number of rotatable bonds is 5. The van der Waals surface area contributed by atoms with Crippen LogP contribution in [0.4, 0.5) is 0 Å². The molecule has 2 rings (SSSR count). The van der Waals surface area contributed by atoms with Crippen molar-refractivity contribution in [2.24, 2.45) is 0 Å². The number of fused-ring (bicyclic) bond motifs is 1. The molecule has 3 nitrogen and oxygen atoms in total. The van der Waals surface area contributed by atoms with Gasteiger partial charge in [0, 0.05) is 21.4 Å². The van der Waals surface area contributed by atoms with Gasteiger partial charge in [0.2, 0.25) is 0 Å². The van der Waals surface area contributed by atoms with Crippen LogP contribution in [0.1, 0.15) is 30.6 Å². The Morgan fingerprint density at radius 2 is 2.11 bits per heavy atom. The maximum Gasteiger partial charge on any atom is 0.179 e. The molecule has 4 heteroatoms. The first-order valence-electron chi connectivity index (χ1n) is 6.00. The summed E-state index contributed by atoms with van der Waals surface area (Å²) in [5.74, 6) is -0.0444. The summed E-state index contributed by atoms with van der Waals surface area (Å²) in [4.78, 5) is 12.1. The Morgan fingerprint density at radius 3 is 2.83 bits per heavy atom. The van der Waals surface area contributed by atoms with Gasteiger partial charge in [0.1, 0.15) is 11.8 Å². The van der Waals surface area contributed by atoms with Crippen LogP contribution < -0.4 is 0 Å². The average Bonchev–Trinajstić information content (AvgIpc) is 2.81. The Labute approximate surface area is 109 Å². The number of para-hydroxylation sites is 1. The molecule has 1 heterocycles. The fourth-order valence-corrected chi connectivity index (χ4v) is 2.80. The van der Waals surface area contributed by atoms with Crippen molar-refractivity contribution in [3.05, 3.63) is 36.1 Å². The van der Waals surface area contributed by atoms with E-state index in [2.05, 4.69) is 0 Å². The van der Waals surface area contributed by atoms with Gasteiger partial charge in [-0.2, -0.15) is 0 Å². The monoisotopic (exact) mass is 264 g/mol. The van der Waals surface area contributed by atoms with Gasteiger partial charge in [0.15, 0.2) is 5.78 Å². The van der Waals surface area contributed by atoms with Gasteiger partial charge >= 0.3 is 0 Å². The van der Waals surface area contributed by atoms with Crippen LogP contribution in [0.25, 0.3) is 11.0 Å². The van der Waals surface area contributed by atoms with Crippen molar-refractivity contribution >= 4 is 27.6 Å². The zero-order valence-corrected chi connectivity index (χ0v) is 11.3. The van der Waals surface area contributed by atoms with Gasteiger partial charge in [0.25, 0.3) is 0 Å². The van der Waals surface area contributed by atoms with Gasteiger partial charge in [-0.15, -0.1) is 0 Å². The van der Waals surface area contributed by atoms with E-state index in [4.69, 9.17) is 4.42 Å². The SMILES string of the molecule is CCC(C)S(=O)CC(=O)c1coc2ccccc12. The quantitative estimate of drug-likeness (QED) is 0.779. The summed E-state index contributed by atoms with van der Waals surface area (Å²) in [5, 5.41) is 0.843. The molecule has 1 aromatic heterocycles. The molecule has 96 valence electrons. The molecule has 1 aromatic carbocycles. The molecule has 0 fully saturated rings. The van der Waals surface area contributed by atoms with E-state index in [0.717, 1.165) is 11.8 Å². The second kappa shape index (κ2) is 5.48. The minimum absolute atomic E-state index is 0.0483. The molecule has 0 saturated carbocycles. The van der Waals surface area contributed by atoms with Gasteiger partial charge in [-0.25, -0.2) is 0 Å². The van der Waals surface area contributed by atoms with Crippen molar-refractivity contribution in [2.75, 3.05) is 5.75 Å². The molecule has 0 amide bonds. The third kappa shape index (κ3) is 2.53. The molecular formula is C14H16O3S. The molecule has 2 atom stereocenters. The highest BCUT2D eigenvalue weighted by molar-refractivity contribution is 7.86. The van der Waals surface area contributed by atoms with Crippen LogP contribution in [0.15, 0.2) is 34.9 Å². The predicted octanol–water partition coefficient (Wildman–Crippen LogP) is 3.16. The van der Waals surface area contributed by atoms with E-state index in [-0.39, 0.29) is 16.8 Å². The minimum atomic E-state index is -1.11. The number of benzene rings is 1. The first-order chi connectivity index (χ1) is 8.63. The first-order valence-corrected chi connectivity index (χ1v) is 7.38. The number of carbonyl (C=O) groups is 1. The summed E-state index contributed by atoms with van der Waals surface area (Å²) in [6, 6.07) is 7.38. The van der Waals surface area contributed by atoms with Crippen LogP contribution in [0.2, 0.25) is 0 Å². The second-order valence-electron chi connectivity index (χ2n) is 4.31. The number of Topliss-reactive ketones (excluding diaryl/α,β-unsaturated/α-hetero) is 1. The zero-order chi connectivity index (χ0) is 13.1. The van der Waals surface area contributed by atoms with Gasteiger partial charge in [-0.1, -0.05) is 32.0 Å². The normalized spacial score (nSPS) is 14.6. The molecule has 2 unspecified atom stereocenters. The van der Waals surface area contributed by atoms with Crippen LogP contribution in [-0.4, -0.2) is 21.0 Å². The van der Waals surface area contributed by atoms with Crippen molar-refractivity contribution in [1.29, 1.82) is 0 Å². The van der Waals surface area contributed by atoms with Crippen LogP contribution in [0.5, 0.6) is 0 Å². The molecule has 0 bridgehead atoms. The fraction of sp³-hybridized carbons (Fsp3) is 0.357. The van der Waals surface area contributed by atoms with E-state index >= 15 is 0 Å². The van der Waals surface area contributed by atoms with Gasteiger partial charge in [-0.3, -0.25) is 9.00 Å². The Balaban J connectivity index is 2.22. The van der Waals surface area contributed by atoms with Gasteiger partial charge in [0.05, 0.1) is 11.3 Å². The van der Waals surface area contributed by atoms with E-state index in [0.29, 0.717) is 11.1 Å². The molecule has 0 spiro atoms. The van der Waals surface area contributed by atoms with Crippen molar-refractivity contribution in [3.8, 4) is 0 Å². The maximum atomic E-state index is 12.1. The smallest absolute Gasteiger partial charge is 0.179 e. The third-order valence-corrected chi connectivity index (χ3v) is 4.86. The van der Waals surface area contributed by atoms with E-state index in [1.165, 1.54) is 6.26 Å². The number of ketones is 1. The van der Waals surface area contributed by atoms with E-state index in [9.17, 15) is 9.00 Å². The highest BCUT2D eigenvalue weighted by Gasteiger charge is 2.18. The lowest BCUT2D eigenvalue weighted by Gasteiger charge is -2.06. The summed E-state index contributed by atoms with van der Waals surface area (Å²) in [6.45, 7) is 3.87. The van der Waals surface area contributed by atoms with Crippen molar-refractivity contribution in [3.63, 3.8) is 0 Å². The lowest BCUT2D eigenvalue weighted by molar-refractivity contribution is 0.102. The largest absolute Gasteiger partial charge is 0.464 e. The van der Waals surface area contributed by atoms with Crippen LogP contribution in [-0.2, 0) is 10.8 Å². The summed E-state index contributed by atoms with van der Waals surface area (Å²) >= 11 is 0. The molecule has 0 N–H and O–H groups in total. The zero-order valence-electron chi connectivity index (χ0n) is 10.5. The molecule has 2 aromatic rings. The molecular weight excluding hydrogens is 248 g/mol. The first kappa shape index (κ1) is 13.0. The highest BCUT2D eigenvalue weighted by Crippen LogP contribution is 2.21. The van der Waals surface area contributed by atoms with Crippen LogP contribution in [0, 0.1) is 0 Å². The van der Waals surface area contributed by atoms with Crippen molar-refractivity contribution in [2.45, 2.75) is 25.5 Å². The standard InChI is InChI=1S/C14H16O3S/c1-3-10(2)18(16)9-13(15)12-8-17-14-7-5-4-6-11(12)14/h4-8,10H,3,9H2,1-2H3. The van der Waals surface area contributed by atoms with E-state index in [1.54, 1.807) is 0 Å². The van der Waals surface area contributed by atoms with E-state index < -0.39 is 10.8 Å². The van der Waals surface area contributed by atoms with Crippen molar-refractivity contribution in [1.82, 2.24) is 0 Å². The fourth-order valence-electron chi connectivity index (χ4n) is 1.73. The summed E-state index contributed by atoms with van der Waals surface area (Å²) in [7, 11) is -1.11. The van der Waals surface area contributed by atoms with Crippen molar-refractivity contribution < 1.29 is 13.4 Å². The maximum absolute atomic E-state index is 12.1. The lowest BCUT2D eigenvalue weighted by atomic mass is 10.1. The summed E-state index contributed by atoms with van der Waals surface area (Å²) in [6.07, 6.45) is 2.27. The number of hydrogen-bond acceptors (Lipinski definition) is 3. The molecule has 0 aliphatic carbocycles. The number of hydrogen-bond donors (Lipinski definition) is 0. The summed E-state index contributed by atoms with van der Waals surface area (Å²) < 4.78 is 17.2. The average molecular weight is 264 g/mol. The summed E-state index contributed by atoms with van der Waals surface area (Å²) in [5.41, 5.74) is 1.22. The number of carbonyl (C=O) groups excluding carboxylic acids is 1. The van der Waals surface area contributed by atoms with E-state index in [1.807, 2.05) is 38.1 Å². The topological polar surface area (TPSA) is 47.3 Å². The lowest BCUT2D eigenvalue weighted by Crippen LogP contribution is -2.19. The molecule has 0 radical (unpaired) electrons. The predicted molar refractivity (Wildman–Crippen MR) is 73.3 cm³/mol. The highest BCUT2D eigenvalue weighted by atomic mass is 32.2. The Bertz CT molecular complexity index is 585. The molecule has 0 aliphatic heterocycles. The second-order valence-corrected chi connectivity index (χ2v) is 6.17. The number of furan rings is 1. The third-order valence-electron chi connectivity index (χ3n) is 3.08. The Hall–Kier alpha value is -1.42. The van der Waals surface area contributed by atoms with Gasteiger partial charge < -0.3 is 4.42 Å². The Morgan fingerprint density at radius 1 is 1.39 bits per heavy atom. The van der Waals surface area contributed by atoms with Gasteiger partial charge in [-0.05, 0) is 12.5 Å². The molecule has 18 heavy (non-hydrogen) atoms. The minimum Gasteiger partial charge on any atom is -0.464 e. The van der Waals surface area contributed by atoms with Crippen LogP contribution >= 0.6 is 0 Å². The molecule has 0 aliphatic rings. The Kier molecular flexibility index (Phi) is 3.97.